The maximum atomic E-state index is 14.8. The van der Waals surface area contributed by atoms with Crippen molar-refractivity contribution in [3.05, 3.63) is 87.7 Å². The van der Waals surface area contributed by atoms with E-state index in [1.54, 1.807) is 36.2 Å². The van der Waals surface area contributed by atoms with Gasteiger partial charge in [0, 0.05) is 87.4 Å². The van der Waals surface area contributed by atoms with Gasteiger partial charge in [0.2, 0.25) is 10.0 Å². The van der Waals surface area contributed by atoms with Crippen LogP contribution in [0.3, 0.4) is 0 Å². The van der Waals surface area contributed by atoms with Crippen molar-refractivity contribution >= 4 is 38.1 Å². The van der Waals surface area contributed by atoms with E-state index in [4.69, 9.17) is 9.47 Å². The number of nitrogens with one attached hydrogen (secondary N) is 3. The van der Waals surface area contributed by atoms with Crippen LogP contribution in [0.5, 0.6) is 11.5 Å². The number of aliphatic hydroxyl groups excluding tert-OH is 1. The number of aromatic amines is 1. The van der Waals surface area contributed by atoms with Gasteiger partial charge >= 0.3 is 0 Å². The van der Waals surface area contributed by atoms with Gasteiger partial charge in [0.15, 0.2) is 0 Å². The monoisotopic (exact) mass is 857 g/mol. The summed E-state index contributed by atoms with van der Waals surface area (Å²) in [4.78, 5) is 23.4. The van der Waals surface area contributed by atoms with Crippen molar-refractivity contribution in [3.63, 3.8) is 0 Å². The number of aliphatic hydroxyl groups is 1. The second-order valence-electron chi connectivity index (χ2n) is 18.5. The lowest BCUT2D eigenvalue weighted by Gasteiger charge is -2.40. The molecule has 2 aromatic heterocycles. The number of halogens is 1. The molecule has 0 bridgehead atoms. The number of hydrogen-bond donors (Lipinski definition) is 4. The Kier molecular flexibility index (Phi) is 11.6. The van der Waals surface area contributed by atoms with Crippen LogP contribution in [-0.4, -0.2) is 92.0 Å². The summed E-state index contributed by atoms with van der Waals surface area (Å²) in [5.41, 5.74) is 4.82. The molecule has 5 atom stereocenters. The largest absolute Gasteiger partial charge is 0.455 e. The Labute approximate surface area is 356 Å². The Hall–Kier alpha value is -4.61. The van der Waals surface area contributed by atoms with E-state index in [1.165, 1.54) is 17.7 Å². The van der Waals surface area contributed by atoms with Crippen molar-refractivity contribution in [2.45, 2.75) is 76.1 Å². The highest BCUT2D eigenvalue weighted by Crippen LogP contribution is 2.61. The summed E-state index contributed by atoms with van der Waals surface area (Å²) >= 11 is 0. The molecule has 4 N–H and O–H groups in total. The number of fused-ring (bicyclic) bond motifs is 2. The average molecular weight is 858 g/mol. The number of ether oxygens (including phenoxy) is 2. The lowest BCUT2D eigenvalue weighted by atomic mass is 9.70. The van der Waals surface area contributed by atoms with Crippen molar-refractivity contribution in [2.24, 2.45) is 29.1 Å². The molecule has 3 aliphatic carbocycles. The molecule has 4 aromatic rings. The second-order valence-corrected chi connectivity index (χ2v) is 20.2. The molecule has 5 aliphatic rings. The van der Waals surface area contributed by atoms with E-state index in [0.717, 1.165) is 88.4 Å². The number of hydrogen-bond acceptors (Lipinski definition) is 11. The van der Waals surface area contributed by atoms with Crippen molar-refractivity contribution < 1.29 is 32.3 Å². The molecule has 14 nitrogen and oxygen atoms in total. The fourth-order valence-electron chi connectivity index (χ4n) is 10.1. The van der Waals surface area contributed by atoms with Crippen LogP contribution in [0.25, 0.3) is 11.0 Å². The zero-order chi connectivity index (χ0) is 42.5. The van der Waals surface area contributed by atoms with E-state index >= 15 is 0 Å². The number of H-pyrrole nitrogens is 1. The van der Waals surface area contributed by atoms with Crippen LogP contribution in [0.2, 0.25) is 0 Å². The molecule has 0 spiro atoms. The third-order valence-corrected chi connectivity index (χ3v) is 15.1. The number of nitro groups is 1. The first-order valence-electron chi connectivity index (χ1n) is 21.7. The molecule has 2 saturated heterocycles. The maximum Gasteiger partial charge on any atom is 0.293 e. The van der Waals surface area contributed by atoms with Crippen molar-refractivity contribution in [1.29, 1.82) is 0 Å². The standard InChI is InChI=1S/C45H56FN7O7S/c1-45(2)11-7-30(38(24-45)36-23-39(46)37-22-35(36)37)27-51-13-15-52(16-14-51)31-3-5-34(42(20-31)60-32-19-29-8-12-47-43(29)49-26-32)44(54)50-61(57,58)33-4-6-40(41(21-33)53(55)56)48-25-28-9-17-59-18-10-28/h3-6,8,12,19-21,26,28,35-37,39,44,48,50,54H,7,9-11,13-18,22-25,27H2,1-2H3,(H,47,49)/t35?,36-,37?,39+,44?/m1/s1. The van der Waals surface area contributed by atoms with Crippen LogP contribution < -0.4 is 19.7 Å². The SMILES string of the molecule is CC1(C)CCC(CN2CCN(c3ccc(C(O)NS(=O)(=O)c4ccc(NCC5CCOCC5)c([N+](=O)[O-])c4)c(Oc4cnc5[nH]ccc5c4)c3)CC2)=C([C@@H]2C[C@H](F)C3CC32)C1. The predicted molar refractivity (Wildman–Crippen MR) is 231 cm³/mol. The second kappa shape index (κ2) is 16.9. The Bertz CT molecular complexity index is 2410. The number of nitrogens with zero attached hydrogens (tertiary/aromatic N) is 4. The van der Waals surface area contributed by atoms with Crippen molar-refractivity contribution in [2.75, 3.05) is 62.7 Å². The summed E-state index contributed by atoms with van der Waals surface area (Å²) in [6.45, 7) is 10.6. The summed E-state index contributed by atoms with van der Waals surface area (Å²) in [7, 11) is -4.45. The summed E-state index contributed by atoms with van der Waals surface area (Å²) in [6, 6.07) is 12.6. The maximum absolute atomic E-state index is 14.8. The van der Waals surface area contributed by atoms with Gasteiger partial charge in [0.05, 0.1) is 16.0 Å². The Morgan fingerprint density at radius 1 is 1.08 bits per heavy atom. The smallest absolute Gasteiger partial charge is 0.293 e. The van der Waals surface area contributed by atoms with Gasteiger partial charge in [-0.15, -0.1) is 0 Å². The van der Waals surface area contributed by atoms with Gasteiger partial charge in [0.25, 0.3) is 5.69 Å². The third-order valence-electron chi connectivity index (χ3n) is 13.7. The molecular formula is C45H56FN7O7S. The molecule has 61 heavy (non-hydrogen) atoms. The molecule has 9 rings (SSSR count). The highest BCUT2D eigenvalue weighted by molar-refractivity contribution is 7.89. The molecule has 4 fully saturated rings. The number of nitro benzene ring substituents is 1. The van der Waals surface area contributed by atoms with Crippen LogP contribution in [0.15, 0.2) is 77.0 Å². The zero-order valence-corrected chi connectivity index (χ0v) is 35.6. The molecule has 3 unspecified atom stereocenters. The molecule has 0 amide bonds. The summed E-state index contributed by atoms with van der Waals surface area (Å²) < 4.78 is 56.3. The van der Waals surface area contributed by atoms with E-state index in [0.29, 0.717) is 49.4 Å². The average Bonchev–Trinajstić information content (AvgIpc) is 3.79. The minimum atomic E-state index is -4.45. The molecular weight excluding hydrogens is 802 g/mol. The molecule has 326 valence electrons. The lowest BCUT2D eigenvalue weighted by molar-refractivity contribution is -0.384. The molecule has 4 heterocycles. The van der Waals surface area contributed by atoms with Crippen LogP contribution in [0, 0.1) is 39.2 Å². The number of aromatic nitrogens is 2. The van der Waals surface area contributed by atoms with E-state index in [-0.39, 0.29) is 44.8 Å². The highest BCUT2D eigenvalue weighted by Gasteiger charge is 2.56. The van der Waals surface area contributed by atoms with E-state index in [9.17, 15) is 28.0 Å². The molecule has 2 aliphatic heterocycles. The van der Waals surface area contributed by atoms with E-state index < -0.39 is 27.3 Å². The van der Waals surface area contributed by atoms with E-state index in [2.05, 4.69) is 43.7 Å². The number of anilines is 2. The van der Waals surface area contributed by atoms with Gasteiger partial charge in [0.1, 0.15) is 35.2 Å². The number of piperazine rings is 1. The van der Waals surface area contributed by atoms with E-state index in [1.807, 2.05) is 12.1 Å². The topological polar surface area (TPSA) is 175 Å². The minimum Gasteiger partial charge on any atom is -0.455 e. The Morgan fingerprint density at radius 3 is 2.62 bits per heavy atom. The number of sulfonamides is 1. The first-order chi connectivity index (χ1) is 29.3. The van der Waals surface area contributed by atoms with Crippen LogP contribution in [-0.2, 0) is 14.8 Å². The number of rotatable bonds is 14. The molecule has 16 heteroatoms. The normalized spacial score (nSPS) is 25.1. The Morgan fingerprint density at radius 2 is 1.89 bits per heavy atom. The van der Waals surface area contributed by atoms with Gasteiger partial charge in [-0.05, 0) is 110 Å². The van der Waals surface area contributed by atoms with Crippen LogP contribution >= 0.6 is 0 Å². The highest BCUT2D eigenvalue weighted by atomic mass is 32.2. The summed E-state index contributed by atoms with van der Waals surface area (Å²) in [6.07, 6.45) is 7.59. The van der Waals surface area contributed by atoms with Crippen LogP contribution in [0.1, 0.15) is 70.6 Å². The quantitative estimate of drug-likeness (QED) is 0.0424. The van der Waals surface area contributed by atoms with Crippen molar-refractivity contribution in [3.8, 4) is 11.5 Å². The van der Waals surface area contributed by atoms with Crippen molar-refractivity contribution in [1.82, 2.24) is 19.6 Å². The van der Waals surface area contributed by atoms with Gasteiger partial charge in [-0.2, -0.15) is 4.72 Å². The fraction of sp³-hybridized carbons (Fsp3) is 0.533. The van der Waals surface area contributed by atoms with Crippen LogP contribution in [0.4, 0.5) is 21.5 Å². The number of pyridine rings is 1. The minimum absolute atomic E-state index is 0.157. The molecule has 2 aromatic carbocycles. The zero-order valence-electron chi connectivity index (χ0n) is 34.8. The van der Waals surface area contributed by atoms with Gasteiger partial charge in [-0.3, -0.25) is 15.0 Å². The fourth-order valence-corrected chi connectivity index (χ4v) is 11.2. The summed E-state index contributed by atoms with van der Waals surface area (Å²) in [5.74, 6) is 2.11. The first-order valence-corrected chi connectivity index (χ1v) is 23.2. The Balaban J connectivity index is 0.919. The predicted octanol–water partition coefficient (Wildman–Crippen LogP) is 7.69. The summed E-state index contributed by atoms with van der Waals surface area (Å²) in [5, 5.41) is 27.6. The molecule has 0 radical (unpaired) electrons. The number of benzene rings is 2. The number of alkyl halides is 1. The van der Waals surface area contributed by atoms with Gasteiger partial charge in [-0.25, -0.2) is 17.8 Å². The lowest BCUT2D eigenvalue weighted by Crippen LogP contribution is -2.47. The molecule has 2 saturated carbocycles. The van der Waals surface area contributed by atoms with Gasteiger partial charge < -0.3 is 29.8 Å². The number of allylic oxidation sites excluding steroid dienone is 1. The first kappa shape index (κ1) is 41.7. The van der Waals surface area contributed by atoms with Gasteiger partial charge in [-0.1, -0.05) is 25.0 Å². The third kappa shape index (κ3) is 9.15.